The largest absolute Gasteiger partial charge is 0.391 e. The van der Waals surface area contributed by atoms with Gasteiger partial charge in [-0.05, 0) is 17.0 Å². The zero-order chi connectivity index (χ0) is 13.8. The van der Waals surface area contributed by atoms with Crippen LogP contribution in [0.15, 0.2) is 78.5 Å². The van der Waals surface area contributed by atoms with Crippen molar-refractivity contribution in [3.8, 4) is 11.8 Å². The van der Waals surface area contributed by atoms with Gasteiger partial charge in [0.25, 0.3) is 0 Å². The zero-order valence-corrected chi connectivity index (χ0v) is 11.1. The van der Waals surface area contributed by atoms with Crippen LogP contribution in [0.5, 0.6) is 0 Å². The molecule has 0 aliphatic heterocycles. The van der Waals surface area contributed by atoms with E-state index < -0.39 is 0 Å². The second-order valence-electron chi connectivity index (χ2n) is 4.71. The standard InChI is InChI=1S/C19H15N/c20-19-14-12-16(15-7-3-1-4-8-15)11-13-18(19)17-9-5-2-6-10-17/h1-11,13,16H,20H2. The highest BCUT2D eigenvalue weighted by atomic mass is 14.6. The lowest BCUT2D eigenvalue weighted by Gasteiger charge is -2.05. The van der Waals surface area contributed by atoms with E-state index in [2.05, 4.69) is 48.3 Å². The summed E-state index contributed by atoms with van der Waals surface area (Å²) in [6, 6.07) is 20.4. The Bertz CT molecular complexity index is 713. The molecule has 0 heterocycles. The Kier molecular flexibility index (Phi) is 3.39. The lowest BCUT2D eigenvalue weighted by atomic mass is 9.98. The quantitative estimate of drug-likeness (QED) is 0.815. The van der Waals surface area contributed by atoms with E-state index in [1.165, 1.54) is 5.56 Å². The highest BCUT2D eigenvalue weighted by molar-refractivity contribution is 5.80. The summed E-state index contributed by atoms with van der Waals surface area (Å²) in [4.78, 5) is 0. The minimum atomic E-state index is 0.0935. The van der Waals surface area contributed by atoms with Gasteiger partial charge in [-0.15, -0.1) is 0 Å². The Morgan fingerprint density at radius 2 is 1.50 bits per heavy atom. The Morgan fingerprint density at radius 3 is 2.20 bits per heavy atom. The molecule has 1 aliphatic carbocycles. The molecule has 1 atom stereocenters. The molecule has 0 fully saturated rings. The van der Waals surface area contributed by atoms with E-state index in [1.807, 2.05) is 36.4 Å². The highest BCUT2D eigenvalue weighted by Crippen LogP contribution is 2.24. The first-order chi connectivity index (χ1) is 9.84. The van der Waals surface area contributed by atoms with Crippen LogP contribution >= 0.6 is 0 Å². The van der Waals surface area contributed by atoms with Crippen LogP contribution in [0.1, 0.15) is 17.0 Å². The summed E-state index contributed by atoms with van der Waals surface area (Å²) in [5.74, 6) is 6.41. The van der Waals surface area contributed by atoms with Crippen molar-refractivity contribution in [2.24, 2.45) is 5.73 Å². The molecule has 0 bridgehead atoms. The van der Waals surface area contributed by atoms with Gasteiger partial charge < -0.3 is 5.73 Å². The molecule has 1 unspecified atom stereocenters. The molecule has 0 radical (unpaired) electrons. The number of hydrogen-bond acceptors (Lipinski definition) is 1. The predicted molar refractivity (Wildman–Crippen MR) is 83.6 cm³/mol. The molecule has 2 N–H and O–H groups in total. The lowest BCUT2D eigenvalue weighted by Crippen LogP contribution is -1.97. The van der Waals surface area contributed by atoms with Gasteiger partial charge in [-0.25, -0.2) is 0 Å². The molecule has 0 saturated carbocycles. The molecular weight excluding hydrogens is 242 g/mol. The van der Waals surface area contributed by atoms with Gasteiger partial charge in [0.15, 0.2) is 0 Å². The van der Waals surface area contributed by atoms with Crippen molar-refractivity contribution < 1.29 is 0 Å². The van der Waals surface area contributed by atoms with Gasteiger partial charge in [-0.2, -0.15) is 0 Å². The van der Waals surface area contributed by atoms with E-state index in [0.717, 1.165) is 11.1 Å². The molecule has 0 spiro atoms. The first-order valence-electron chi connectivity index (χ1n) is 6.64. The van der Waals surface area contributed by atoms with Crippen LogP contribution in [-0.2, 0) is 0 Å². The summed E-state index contributed by atoms with van der Waals surface area (Å²) in [7, 11) is 0. The number of hydrogen-bond donors (Lipinski definition) is 1. The fourth-order valence-corrected chi connectivity index (χ4v) is 2.28. The van der Waals surface area contributed by atoms with Crippen molar-refractivity contribution in [3.63, 3.8) is 0 Å². The summed E-state index contributed by atoms with van der Waals surface area (Å²) < 4.78 is 0. The summed E-state index contributed by atoms with van der Waals surface area (Å²) in [5.41, 5.74) is 10.0. The summed E-state index contributed by atoms with van der Waals surface area (Å²) in [6.07, 6.45) is 4.18. The smallest absolute Gasteiger partial charge is 0.0907 e. The average molecular weight is 257 g/mol. The third-order valence-electron chi connectivity index (χ3n) is 3.35. The van der Waals surface area contributed by atoms with Crippen LogP contribution in [0.25, 0.3) is 5.57 Å². The van der Waals surface area contributed by atoms with Gasteiger partial charge in [0.1, 0.15) is 0 Å². The van der Waals surface area contributed by atoms with Gasteiger partial charge >= 0.3 is 0 Å². The topological polar surface area (TPSA) is 26.0 Å². The molecule has 96 valence electrons. The van der Waals surface area contributed by atoms with Crippen molar-refractivity contribution in [2.45, 2.75) is 5.92 Å². The summed E-state index contributed by atoms with van der Waals surface area (Å²) in [6.45, 7) is 0. The van der Waals surface area contributed by atoms with E-state index in [9.17, 15) is 0 Å². The normalized spacial score (nSPS) is 17.3. The van der Waals surface area contributed by atoms with Gasteiger partial charge in [0, 0.05) is 5.57 Å². The zero-order valence-electron chi connectivity index (χ0n) is 11.1. The predicted octanol–water partition coefficient (Wildman–Crippen LogP) is 3.71. The molecule has 0 amide bonds. The first-order valence-corrected chi connectivity index (χ1v) is 6.64. The minimum Gasteiger partial charge on any atom is -0.391 e. The fraction of sp³-hybridized carbons (Fsp3) is 0.0526. The maximum absolute atomic E-state index is 6.11. The van der Waals surface area contributed by atoms with Crippen molar-refractivity contribution in [1.82, 2.24) is 0 Å². The molecule has 1 nitrogen and oxygen atoms in total. The third-order valence-corrected chi connectivity index (χ3v) is 3.35. The van der Waals surface area contributed by atoms with Crippen molar-refractivity contribution in [3.05, 3.63) is 89.6 Å². The second kappa shape index (κ2) is 5.50. The molecule has 0 aromatic heterocycles. The van der Waals surface area contributed by atoms with E-state index in [0.29, 0.717) is 5.70 Å². The van der Waals surface area contributed by atoms with Crippen LogP contribution in [0.3, 0.4) is 0 Å². The summed E-state index contributed by atoms with van der Waals surface area (Å²) in [5, 5.41) is 0. The molecule has 2 aromatic rings. The molecule has 3 rings (SSSR count). The molecular formula is C19H15N. The SMILES string of the molecule is NC1=C(c2ccccc2)C=CC(c2ccccc2)C#C1. The monoisotopic (exact) mass is 257 g/mol. The maximum Gasteiger partial charge on any atom is 0.0907 e. The van der Waals surface area contributed by atoms with Gasteiger partial charge in [0.05, 0.1) is 11.6 Å². The number of nitrogens with two attached hydrogens (primary N) is 1. The van der Waals surface area contributed by atoms with Crippen LogP contribution in [-0.4, -0.2) is 0 Å². The van der Waals surface area contributed by atoms with Crippen molar-refractivity contribution in [1.29, 1.82) is 0 Å². The second-order valence-corrected chi connectivity index (χ2v) is 4.71. The van der Waals surface area contributed by atoms with Crippen LogP contribution in [0.2, 0.25) is 0 Å². The van der Waals surface area contributed by atoms with E-state index in [-0.39, 0.29) is 5.92 Å². The van der Waals surface area contributed by atoms with E-state index >= 15 is 0 Å². The first kappa shape index (κ1) is 12.3. The van der Waals surface area contributed by atoms with Crippen LogP contribution in [0, 0.1) is 11.8 Å². The number of benzene rings is 2. The Balaban J connectivity index is 1.97. The molecule has 0 saturated heterocycles. The Labute approximate surface area is 119 Å². The number of rotatable bonds is 2. The van der Waals surface area contributed by atoms with Gasteiger partial charge in [-0.3, -0.25) is 0 Å². The van der Waals surface area contributed by atoms with Crippen LogP contribution < -0.4 is 5.73 Å². The van der Waals surface area contributed by atoms with Crippen molar-refractivity contribution >= 4 is 5.57 Å². The Hall–Kier alpha value is -2.72. The van der Waals surface area contributed by atoms with Gasteiger partial charge in [-0.1, -0.05) is 78.7 Å². The molecule has 2 aromatic carbocycles. The summed E-state index contributed by atoms with van der Waals surface area (Å²) >= 11 is 0. The molecule has 1 aliphatic rings. The van der Waals surface area contributed by atoms with Crippen LogP contribution in [0.4, 0.5) is 0 Å². The lowest BCUT2D eigenvalue weighted by molar-refractivity contribution is 1.13. The van der Waals surface area contributed by atoms with E-state index in [1.54, 1.807) is 0 Å². The fourth-order valence-electron chi connectivity index (χ4n) is 2.28. The molecule has 1 heteroatoms. The maximum atomic E-state index is 6.11. The third kappa shape index (κ3) is 2.50. The number of allylic oxidation sites excluding steroid dienone is 4. The average Bonchev–Trinajstić information content (AvgIpc) is 2.71. The van der Waals surface area contributed by atoms with Crippen molar-refractivity contribution in [2.75, 3.05) is 0 Å². The highest BCUT2D eigenvalue weighted by Gasteiger charge is 2.09. The minimum absolute atomic E-state index is 0.0935. The Morgan fingerprint density at radius 1 is 0.850 bits per heavy atom. The van der Waals surface area contributed by atoms with Gasteiger partial charge in [0.2, 0.25) is 0 Å². The molecule has 20 heavy (non-hydrogen) atoms. The van der Waals surface area contributed by atoms with E-state index in [4.69, 9.17) is 5.73 Å².